The van der Waals surface area contributed by atoms with Gasteiger partial charge in [0, 0.05) is 17.1 Å². The van der Waals surface area contributed by atoms with Gasteiger partial charge in [-0.2, -0.15) is 0 Å². The van der Waals surface area contributed by atoms with Gasteiger partial charge >= 0.3 is 0 Å². The number of nitrogens with one attached hydrogen (secondary N) is 1. The van der Waals surface area contributed by atoms with Crippen molar-refractivity contribution in [2.45, 2.75) is 18.9 Å². The van der Waals surface area contributed by atoms with Gasteiger partial charge in [0.1, 0.15) is 18.2 Å². The Balaban J connectivity index is 1.28. The Morgan fingerprint density at radius 3 is 2.34 bits per heavy atom. The van der Waals surface area contributed by atoms with Crippen molar-refractivity contribution in [3.63, 3.8) is 0 Å². The van der Waals surface area contributed by atoms with Crippen molar-refractivity contribution in [3.8, 4) is 5.75 Å². The molecular formula is C27H30ClFN2O. The normalized spacial score (nSPS) is 16.1. The standard InChI is InChI=1S/C27H30ClFN2O/c28-23-12-10-22(11-13-23)27(25-8-4-5-9-26(25)29)30-20-21-14-16-31(17-15-21)18-19-32-24-6-2-1-3-7-24/h1-13,21,27,30H,14-20H2/t27-/m0/s1. The molecule has 1 saturated heterocycles. The lowest BCUT2D eigenvalue weighted by Crippen LogP contribution is -2.40. The summed E-state index contributed by atoms with van der Waals surface area (Å²) in [5.74, 6) is 1.31. The van der Waals surface area contributed by atoms with E-state index in [1.807, 2.05) is 66.7 Å². The summed E-state index contributed by atoms with van der Waals surface area (Å²) in [5.41, 5.74) is 1.69. The van der Waals surface area contributed by atoms with Crippen LogP contribution in [-0.2, 0) is 0 Å². The molecule has 4 rings (SSSR count). The smallest absolute Gasteiger partial charge is 0.128 e. The zero-order chi connectivity index (χ0) is 22.2. The van der Waals surface area contributed by atoms with Crippen LogP contribution in [0.5, 0.6) is 5.75 Å². The topological polar surface area (TPSA) is 24.5 Å². The van der Waals surface area contributed by atoms with Gasteiger partial charge in [0.25, 0.3) is 0 Å². The maximum absolute atomic E-state index is 14.6. The van der Waals surface area contributed by atoms with Gasteiger partial charge in [-0.15, -0.1) is 0 Å². The molecular weight excluding hydrogens is 423 g/mol. The lowest BCUT2D eigenvalue weighted by molar-refractivity contribution is 0.153. The van der Waals surface area contributed by atoms with E-state index in [2.05, 4.69) is 10.2 Å². The van der Waals surface area contributed by atoms with Gasteiger partial charge in [-0.3, -0.25) is 4.90 Å². The Bertz CT molecular complexity index is 959. The molecule has 1 aliphatic rings. The van der Waals surface area contributed by atoms with Crippen molar-refractivity contribution in [3.05, 3.63) is 101 Å². The van der Waals surface area contributed by atoms with Gasteiger partial charge in [-0.25, -0.2) is 4.39 Å². The molecule has 1 fully saturated rings. The Hall–Kier alpha value is -2.40. The molecule has 0 radical (unpaired) electrons. The lowest BCUT2D eigenvalue weighted by atomic mass is 9.94. The van der Waals surface area contributed by atoms with Crippen LogP contribution in [-0.4, -0.2) is 37.7 Å². The molecule has 32 heavy (non-hydrogen) atoms. The minimum Gasteiger partial charge on any atom is -0.492 e. The van der Waals surface area contributed by atoms with E-state index in [1.165, 1.54) is 6.07 Å². The molecule has 0 bridgehead atoms. The second-order valence-electron chi connectivity index (χ2n) is 8.36. The van der Waals surface area contributed by atoms with E-state index in [0.717, 1.165) is 50.3 Å². The summed E-state index contributed by atoms with van der Waals surface area (Å²) in [6, 6.07) is 24.4. The van der Waals surface area contributed by atoms with Crippen molar-refractivity contribution in [1.82, 2.24) is 10.2 Å². The maximum atomic E-state index is 14.6. The van der Waals surface area contributed by atoms with Crippen LogP contribution in [0.25, 0.3) is 0 Å². The molecule has 0 saturated carbocycles. The van der Waals surface area contributed by atoms with Crippen LogP contribution in [0, 0.1) is 11.7 Å². The fourth-order valence-corrected chi connectivity index (χ4v) is 4.41. The number of halogens is 2. The minimum atomic E-state index is -0.189. The number of likely N-dealkylation sites (tertiary alicyclic amines) is 1. The number of rotatable bonds is 9. The molecule has 168 valence electrons. The molecule has 1 N–H and O–H groups in total. The summed E-state index contributed by atoms with van der Waals surface area (Å²) >= 11 is 6.07. The Morgan fingerprint density at radius 1 is 0.938 bits per heavy atom. The first-order valence-corrected chi connectivity index (χ1v) is 11.7. The van der Waals surface area contributed by atoms with Gasteiger partial charge in [0.05, 0.1) is 6.04 Å². The second-order valence-corrected chi connectivity index (χ2v) is 8.80. The largest absolute Gasteiger partial charge is 0.492 e. The molecule has 0 aliphatic carbocycles. The summed E-state index contributed by atoms with van der Waals surface area (Å²) in [6.45, 7) is 4.64. The molecule has 0 spiro atoms. The number of para-hydroxylation sites is 1. The van der Waals surface area contributed by atoms with Crippen LogP contribution in [0.15, 0.2) is 78.9 Å². The van der Waals surface area contributed by atoms with Gasteiger partial charge in [-0.05, 0) is 74.3 Å². The Kier molecular flexibility index (Phi) is 8.16. The predicted molar refractivity (Wildman–Crippen MR) is 129 cm³/mol. The van der Waals surface area contributed by atoms with Crippen LogP contribution in [0.4, 0.5) is 4.39 Å². The minimum absolute atomic E-state index is 0.187. The summed E-state index contributed by atoms with van der Waals surface area (Å²) in [7, 11) is 0. The first-order valence-electron chi connectivity index (χ1n) is 11.3. The van der Waals surface area contributed by atoms with E-state index in [9.17, 15) is 4.39 Å². The Labute approximate surface area is 195 Å². The third-order valence-corrected chi connectivity index (χ3v) is 6.41. The van der Waals surface area contributed by atoms with Crippen LogP contribution in [0.1, 0.15) is 30.0 Å². The number of ether oxygens (including phenoxy) is 1. The molecule has 0 amide bonds. The van der Waals surface area contributed by atoms with Crippen LogP contribution in [0.2, 0.25) is 5.02 Å². The quantitative estimate of drug-likeness (QED) is 0.434. The number of nitrogens with zero attached hydrogens (tertiary/aromatic N) is 1. The van der Waals surface area contributed by atoms with E-state index in [4.69, 9.17) is 16.3 Å². The highest BCUT2D eigenvalue weighted by Crippen LogP contribution is 2.27. The highest BCUT2D eigenvalue weighted by Gasteiger charge is 2.22. The van der Waals surface area contributed by atoms with Crippen molar-refractivity contribution in [2.24, 2.45) is 5.92 Å². The molecule has 0 aromatic heterocycles. The van der Waals surface area contributed by atoms with E-state index >= 15 is 0 Å². The van der Waals surface area contributed by atoms with Gasteiger partial charge in [-0.1, -0.05) is 60.1 Å². The van der Waals surface area contributed by atoms with Gasteiger partial charge in [0.15, 0.2) is 0 Å². The highest BCUT2D eigenvalue weighted by molar-refractivity contribution is 6.30. The Morgan fingerprint density at radius 2 is 1.62 bits per heavy atom. The fourth-order valence-electron chi connectivity index (χ4n) is 4.28. The first kappa shape index (κ1) is 22.8. The molecule has 3 nitrogen and oxygen atoms in total. The third-order valence-electron chi connectivity index (χ3n) is 6.16. The predicted octanol–water partition coefficient (Wildman–Crippen LogP) is 5.95. The highest BCUT2D eigenvalue weighted by atomic mass is 35.5. The number of piperidine rings is 1. The van der Waals surface area contributed by atoms with E-state index in [-0.39, 0.29) is 11.9 Å². The van der Waals surface area contributed by atoms with Crippen LogP contribution < -0.4 is 10.1 Å². The summed E-state index contributed by atoms with van der Waals surface area (Å²) < 4.78 is 20.4. The maximum Gasteiger partial charge on any atom is 0.128 e. The van der Waals surface area contributed by atoms with Crippen molar-refractivity contribution in [1.29, 1.82) is 0 Å². The molecule has 3 aromatic rings. The second kappa shape index (κ2) is 11.5. The molecule has 1 atom stereocenters. The van der Waals surface area contributed by atoms with E-state index in [0.29, 0.717) is 23.1 Å². The van der Waals surface area contributed by atoms with E-state index < -0.39 is 0 Å². The summed E-state index contributed by atoms with van der Waals surface area (Å²) in [6.07, 6.45) is 2.26. The summed E-state index contributed by atoms with van der Waals surface area (Å²) in [5, 5.41) is 4.32. The molecule has 1 heterocycles. The average molecular weight is 453 g/mol. The fraction of sp³-hybridized carbons (Fsp3) is 0.333. The zero-order valence-electron chi connectivity index (χ0n) is 18.2. The molecule has 5 heteroatoms. The average Bonchev–Trinajstić information content (AvgIpc) is 2.83. The lowest BCUT2D eigenvalue weighted by Gasteiger charge is -2.33. The SMILES string of the molecule is Fc1ccccc1[C@@H](NCC1CCN(CCOc2ccccc2)CC1)c1ccc(Cl)cc1. The van der Waals surface area contributed by atoms with Gasteiger partial charge < -0.3 is 10.1 Å². The molecule has 3 aromatic carbocycles. The van der Waals surface area contributed by atoms with E-state index in [1.54, 1.807) is 6.07 Å². The zero-order valence-corrected chi connectivity index (χ0v) is 19.0. The number of hydrogen-bond acceptors (Lipinski definition) is 3. The van der Waals surface area contributed by atoms with Gasteiger partial charge in [0.2, 0.25) is 0 Å². The number of benzene rings is 3. The van der Waals surface area contributed by atoms with Crippen molar-refractivity contribution in [2.75, 3.05) is 32.8 Å². The van der Waals surface area contributed by atoms with Crippen LogP contribution in [0.3, 0.4) is 0 Å². The molecule has 0 unspecified atom stereocenters. The third kappa shape index (κ3) is 6.32. The van der Waals surface area contributed by atoms with Crippen molar-refractivity contribution >= 4 is 11.6 Å². The first-order chi connectivity index (χ1) is 15.7. The van der Waals surface area contributed by atoms with Crippen LogP contribution >= 0.6 is 11.6 Å². The number of hydrogen-bond donors (Lipinski definition) is 1. The molecule has 1 aliphatic heterocycles. The van der Waals surface area contributed by atoms with Crippen molar-refractivity contribution < 1.29 is 9.13 Å². The summed E-state index contributed by atoms with van der Waals surface area (Å²) in [4.78, 5) is 2.47. The monoisotopic (exact) mass is 452 g/mol.